The Morgan fingerprint density at radius 3 is 2.69 bits per heavy atom. The van der Waals surface area contributed by atoms with E-state index in [0.29, 0.717) is 5.52 Å². The molecule has 1 N–H and O–H groups in total. The van der Waals surface area contributed by atoms with E-state index >= 15 is 0 Å². The molecular formula is C10H11FN2O2S. The van der Waals surface area contributed by atoms with Crippen molar-refractivity contribution in [1.82, 2.24) is 9.97 Å². The summed E-state index contributed by atoms with van der Waals surface area (Å²) in [6, 6.07) is 4.49. The minimum absolute atomic E-state index is 0.174. The second kappa shape index (κ2) is 3.55. The van der Waals surface area contributed by atoms with Gasteiger partial charge >= 0.3 is 0 Å². The Morgan fingerprint density at radius 2 is 2.12 bits per heavy atom. The average Bonchev–Trinajstić information content (AvgIpc) is 2.60. The molecule has 0 amide bonds. The average molecular weight is 242 g/mol. The molecule has 1 aromatic heterocycles. The molecule has 1 atom stereocenters. The zero-order valence-electron chi connectivity index (χ0n) is 8.86. The molecule has 6 heteroatoms. The molecule has 0 fully saturated rings. The van der Waals surface area contributed by atoms with Gasteiger partial charge in [-0.25, -0.2) is 17.8 Å². The molecule has 0 bridgehead atoms. The largest absolute Gasteiger partial charge is 0.341 e. The molecule has 0 aliphatic heterocycles. The molecule has 1 aromatic carbocycles. The molecule has 2 aromatic rings. The van der Waals surface area contributed by atoms with Crippen LogP contribution in [0, 0.1) is 5.82 Å². The number of H-pyrrole nitrogens is 1. The molecule has 2 rings (SSSR count). The van der Waals surface area contributed by atoms with Crippen molar-refractivity contribution >= 4 is 20.9 Å². The van der Waals surface area contributed by atoms with E-state index in [9.17, 15) is 12.8 Å². The number of hydrogen-bond acceptors (Lipinski definition) is 3. The summed E-state index contributed by atoms with van der Waals surface area (Å²) in [5, 5.41) is -0.765. The number of nitrogens with zero attached hydrogens (tertiary/aromatic N) is 1. The number of halogens is 1. The highest BCUT2D eigenvalue weighted by molar-refractivity contribution is 7.90. The van der Waals surface area contributed by atoms with Gasteiger partial charge in [0.25, 0.3) is 0 Å². The van der Waals surface area contributed by atoms with Gasteiger partial charge in [-0.05, 0) is 19.1 Å². The van der Waals surface area contributed by atoms with Gasteiger partial charge in [-0.1, -0.05) is 6.07 Å². The lowest BCUT2D eigenvalue weighted by atomic mass is 10.3. The number of para-hydroxylation sites is 1. The van der Waals surface area contributed by atoms with Crippen LogP contribution in [-0.2, 0) is 9.84 Å². The van der Waals surface area contributed by atoms with E-state index in [1.54, 1.807) is 12.1 Å². The summed E-state index contributed by atoms with van der Waals surface area (Å²) >= 11 is 0. The van der Waals surface area contributed by atoms with Crippen molar-refractivity contribution in [1.29, 1.82) is 0 Å². The first-order valence-corrected chi connectivity index (χ1v) is 6.68. The highest BCUT2D eigenvalue weighted by Gasteiger charge is 2.21. The summed E-state index contributed by atoms with van der Waals surface area (Å²) < 4.78 is 36.0. The van der Waals surface area contributed by atoms with Crippen LogP contribution in [-0.4, -0.2) is 24.6 Å². The lowest BCUT2D eigenvalue weighted by Crippen LogP contribution is -2.09. The quantitative estimate of drug-likeness (QED) is 0.873. The third-order valence-corrected chi connectivity index (χ3v) is 4.02. The predicted octanol–water partition coefficient (Wildman–Crippen LogP) is 1.81. The van der Waals surface area contributed by atoms with Crippen LogP contribution in [0.15, 0.2) is 18.2 Å². The third-order valence-electron chi connectivity index (χ3n) is 2.51. The molecule has 0 aliphatic rings. The van der Waals surface area contributed by atoms with Gasteiger partial charge in [0, 0.05) is 6.26 Å². The van der Waals surface area contributed by atoms with E-state index in [1.165, 1.54) is 13.0 Å². The Bertz CT molecular complexity index is 633. The molecule has 0 aliphatic carbocycles. The van der Waals surface area contributed by atoms with Crippen LogP contribution in [0.3, 0.4) is 0 Å². The topological polar surface area (TPSA) is 62.8 Å². The van der Waals surface area contributed by atoms with E-state index in [-0.39, 0.29) is 11.3 Å². The number of aromatic nitrogens is 2. The van der Waals surface area contributed by atoms with Crippen LogP contribution in [0.5, 0.6) is 0 Å². The smallest absolute Gasteiger partial charge is 0.157 e. The molecule has 0 radical (unpaired) electrons. The van der Waals surface area contributed by atoms with Crippen LogP contribution < -0.4 is 0 Å². The van der Waals surface area contributed by atoms with Crippen molar-refractivity contribution in [3.63, 3.8) is 0 Å². The number of hydrogen-bond donors (Lipinski definition) is 1. The molecule has 0 saturated carbocycles. The van der Waals surface area contributed by atoms with Gasteiger partial charge in [-0.15, -0.1) is 0 Å². The number of benzene rings is 1. The van der Waals surface area contributed by atoms with Crippen LogP contribution in [0.4, 0.5) is 4.39 Å². The van der Waals surface area contributed by atoms with Crippen molar-refractivity contribution in [2.45, 2.75) is 12.2 Å². The fourth-order valence-electron chi connectivity index (χ4n) is 1.41. The van der Waals surface area contributed by atoms with E-state index in [4.69, 9.17) is 0 Å². The maximum Gasteiger partial charge on any atom is 0.157 e. The van der Waals surface area contributed by atoms with Gasteiger partial charge in [0.2, 0.25) is 0 Å². The van der Waals surface area contributed by atoms with Crippen LogP contribution in [0.25, 0.3) is 11.0 Å². The predicted molar refractivity (Wildman–Crippen MR) is 59.3 cm³/mol. The maximum atomic E-state index is 13.3. The number of nitrogens with one attached hydrogen (secondary N) is 1. The second-order valence-corrected chi connectivity index (χ2v) is 6.10. The maximum absolute atomic E-state index is 13.3. The zero-order valence-corrected chi connectivity index (χ0v) is 9.68. The van der Waals surface area contributed by atoms with Crippen molar-refractivity contribution in [3.8, 4) is 0 Å². The van der Waals surface area contributed by atoms with Gasteiger partial charge < -0.3 is 4.98 Å². The Kier molecular flexibility index (Phi) is 2.46. The second-order valence-electron chi connectivity index (χ2n) is 3.73. The summed E-state index contributed by atoms with van der Waals surface area (Å²) in [5.41, 5.74) is 0.679. The van der Waals surface area contributed by atoms with Crippen molar-refractivity contribution in [2.75, 3.05) is 6.26 Å². The van der Waals surface area contributed by atoms with Crippen molar-refractivity contribution in [2.24, 2.45) is 0 Å². The molecule has 16 heavy (non-hydrogen) atoms. The van der Waals surface area contributed by atoms with E-state index in [1.807, 2.05) is 0 Å². The monoisotopic (exact) mass is 242 g/mol. The van der Waals surface area contributed by atoms with Crippen molar-refractivity contribution in [3.05, 3.63) is 29.8 Å². The standard InChI is InChI=1S/C10H11FN2O2S/c1-6(16(2,14)15)10-12-8-5-3-4-7(11)9(8)13-10/h3-6H,1-2H3,(H,12,13). The van der Waals surface area contributed by atoms with Crippen LogP contribution >= 0.6 is 0 Å². The van der Waals surface area contributed by atoms with Gasteiger partial charge in [0.05, 0.1) is 5.52 Å². The molecule has 86 valence electrons. The Labute approximate surface area is 92.4 Å². The highest BCUT2D eigenvalue weighted by atomic mass is 32.2. The molecule has 0 spiro atoms. The highest BCUT2D eigenvalue weighted by Crippen LogP contribution is 2.22. The number of aromatic amines is 1. The summed E-state index contributed by atoms with van der Waals surface area (Å²) in [5.74, 6) is -0.191. The lowest BCUT2D eigenvalue weighted by molar-refractivity contribution is 0.589. The van der Waals surface area contributed by atoms with Gasteiger partial charge in [-0.3, -0.25) is 0 Å². The van der Waals surface area contributed by atoms with Crippen LogP contribution in [0.2, 0.25) is 0 Å². The van der Waals surface area contributed by atoms with Gasteiger partial charge in [-0.2, -0.15) is 0 Å². The van der Waals surface area contributed by atoms with E-state index in [2.05, 4.69) is 9.97 Å². The molecular weight excluding hydrogens is 231 g/mol. The summed E-state index contributed by atoms with van der Waals surface area (Å²) in [7, 11) is -3.23. The normalized spacial score (nSPS) is 14.2. The first-order valence-electron chi connectivity index (χ1n) is 4.72. The Morgan fingerprint density at radius 1 is 1.44 bits per heavy atom. The summed E-state index contributed by atoms with van der Waals surface area (Å²) in [6.07, 6.45) is 1.13. The van der Waals surface area contributed by atoms with Gasteiger partial charge in [0.15, 0.2) is 15.7 Å². The third kappa shape index (κ3) is 1.80. The minimum Gasteiger partial charge on any atom is -0.341 e. The Hall–Kier alpha value is -1.43. The number of imidazole rings is 1. The van der Waals surface area contributed by atoms with E-state index < -0.39 is 20.9 Å². The molecule has 4 nitrogen and oxygen atoms in total. The van der Waals surface area contributed by atoms with Gasteiger partial charge in [0.1, 0.15) is 16.6 Å². The zero-order chi connectivity index (χ0) is 11.9. The molecule has 0 saturated heterocycles. The Balaban J connectivity index is 2.60. The van der Waals surface area contributed by atoms with Crippen LogP contribution in [0.1, 0.15) is 18.0 Å². The first kappa shape index (κ1) is 11.1. The number of sulfone groups is 1. The summed E-state index contributed by atoms with van der Waals surface area (Å²) in [6.45, 7) is 1.52. The fourth-order valence-corrected chi connectivity index (χ4v) is 1.93. The van der Waals surface area contributed by atoms with E-state index in [0.717, 1.165) is 6.26 Å². The first-order chi connectivity index (χ1) is 7.39. The summed E-state index contributed by atoms with van der Waals surface area (Å²) in [4.78, 5) is 6.78. The molecule has 1 heterocycles. The number of rotatable bonds is 2. The number of fused-ring (bicyclic) bond motifs is 1. The minimum atomic E-state index is -3.23. The SMILES string of the molecule is CC(c1nc2c(F)cccc2[nH]1)S(C)(=O)=O. The molecule has 1 unspecified atom stereocenters. The van der Waals surface area contributed by atoms with Crippen molar-refractivity contribution < 1.29 is 12.8 Å². The fraction of sp³-hybridized carbons (Fsp3) is 0.300. The lowest BCUT2D eigenvalue weighted by Gasteiger charge is -2.04.